The van der Waals surface area contributed by atoms with Gasteiger partial charge in [0.25, 0.3) is 10.0 Å². The minimum atomic E-state index is -4.27. The molecule has 0 unspecified atom stereocenters. The topological polar surface area (TPSA) is 86.8 Å². The van der Waals surface area contributed by atoms with Crippen molar-refractivity contribution in [3.63, 3.8) is 0 Å². The van der Waals surface area contributed by atoms with Gasteiger partial charge in [0.1, 0.15) is 12.6 Å². The van der Waals surface area contributed by atoms with Crippen LogP contribution in [0.2, 0.25) is 10.0 Å². The molecule has 0 bridgehead atoms. The van der Waals surface area contributed by atoms with Crippen LogP contribution in [0.5, 0.6) is 0 Å². The zero-order valence-electron chi connectivity index (χ0n) is 25.5. The number of rotatable bonds is 13. The minimum absolute atomic E-state index is 0.00995. The third-order valence-electron chi connectivity index (χ3n) is 7.53. The summed E-state index contributed by atoms with van der Waals surface area (Å²) >= 11 is 12.7. The van der Waals surface area contributed by atoms with E-state index >= 15 is 0 Å². The van der Waals surface area contributed by atoms with Crippen LogP contribution in [-0.4, -0.2) is 43.8 Å². The van der Waals surface area contributed by atoms with Crippen molar-refractivity contribution < 1.29 is 18.0 Å². The molecule has 0 aromatic heterocycles. The highest BCUT2D eigenvalue weighted by Crippen LogP contribution is 2.33. The Balaban J connectivity index is 1.82. The molecule has 4 aromatic rings. The molecule has 0 aliphatic carbocycles. The molecular formula is C35H37Cl2N3O4S. The number of nitrogens with one attached hydrogen (secondary N) is 1. The Morgan fingerprint density at radius 2 is 1.47 bits per heavy atom. The summed E-state index contributed by atoms with van der Waals surface area (Å²) in [6.07, 6.45) is 0.932. The molecule has 2 amide bonds. The van der Waals surface area contributed by atoms with E-state index in [1.807, 2.05) is 75.4 Å². The fourth-order valence-corrected chi connectivity index (χ4v) is 6.82. The zero-order valence-corrected chi connectivity index (χ0v) is 27.8. The van der Waals surface area contributed by atoms with Crippen LogP contribution in [-0.2, 0) is 32.6 Å². The van der Waals surface area contributed by atoms with Gasteiger partial charge in [0.2, 0.25) is 11.8 Å². The maximum absolute atomic E-state index is 14.5. The van der Waals surface area contributed by atoms with E-state index < -0.39 is 28.5 Å². The summed E-state index contributed by atoms with van der Waals surface area (Å²) in [7, 11) is -4.27. The Bertz CT molecular complexity index is 1700. The number of hydrogen-bond donors (Lipinski definition) is 1. The van der Waals surface area contributed by atoms with Crippen LogP contribution in [0, 0.1) is 6.92 Å². The Morgan fingerprint density at radius 3 is 2.07 bits per heavy atom. The average Bonchev–Trinajstić information content (AvgIpc) is 3.03. The maximum atomic E-state index is 14.5. The lowest BCUT2D eigenvalue weighted by Crippen LogP contribution is -2.54. The Hall–Kier alpha value is -3.85. The molecule has 7 nitrogen and oxygen atoms in total. The van der Waals surface area contributed by atoms with Crippen LogP contribution < -0.4 is 9.62 Å². The summed E-state index contributed by atoms with van der Waals surface area (Å²) in [5.74, 6) is -0.892. The third-order valence-corrected chi connectivity index (χ3v) is 9.85. The Kier molecular flexibility index (Phi) is 11.7. The number of carbonyl (C=O) groups is 2. The predicted molar refractivity (Wildman–Crippen MR) is 181 cm³/mol. The molecule has 1 N–H and O–H groups in total. The van der Waals surface area contributed by atoms with Crippen molar-refractivity contribution in [2.45, 2.75) is 57.1 Å². The molecule has 0 radical (unpaired) electrons. The van der Waals surface area contributed by atoms with Gasteiger partial charge in [-0.1, -0.05) is 108 Å². The lowest BCUT2D eigenvalue weighted by Gasteiger charge is -2.34. The molecule has 4 rings (SSSR count). The number of carbonyl (C=O) groups excluding carboxylic acids is 2. The monoisotopic (exact) mass is 665 g/mol. The van der Waals surface area contributed by atoms with Gasteiger partial charge >= 0.3 is 0 Å². The van der Waals surface area contributed by atoms with Gasteiger partial charge in [0, 0.05) is 24.0 Å². The molecule has 0 saturated carbocycles. The normalized spacial score (nSPS) is 12.6. The van der Waals surface area contributed by atoms with Crippen LogP contribution in [0.3, 0.4) is 0 Å². The second-order valence-electron chi connectivity index (χ2n) is 11.0. The molecule has 2 atom stereocenters. The minimum Gasteiger partial charge on any atom is -0.352 e. The summed E-state index contributed by atoms with van der Waals surface area (Å²) in [6, 6.07) is 28.3. The molecule has 0 saturated heterocycles. The number of nitrogens with zero attached hydrogens (tertiary/aromatic N) is 2. The molecular weight excluding hydrogens is 629 g/mol. The average molecular weight is 667 g/mol. The molecule has 4 aromatic carbocycles. The quantitative estimate of drug-likeness (QED) is 0.166. The summed E-state index contributed by atoms with van der Waals surface area (Å²) in [5.41, 5.74) is 2.80. The van der Waals surface area contributed by atoms with Crippen LogP contribution >= 0.6 is 23.2 Å². The fraction of sp³-hybridized carbons (Fsp3) is 0.257. The molecule has 0 aliphatic rings. The van der Waals surface area contributed by atoms with Crippen molar-refractivity contribution in [2.24, 2.45) is 0 Å². The van der Waals surface area contributed by atoms with Gasteiger partial charge in [0.15, 0.2) is 0 Å². The number of amides is 2. The van der Waals surface area contributed by atoms with Crippen molar-refractivity contribution in [3.05, 3.63) is 130 Å². The van der Waals surface area contributed by atoms with E-state index in [0.717, 1.165) is 21.0 Å². The standard InChI is InChI=1S/C35H37Cl2N3O4S/c1-4-26(3)38-35(42)33(21-27-11-7-5-8-12-27)39(23-28-17-15-25(2)16-18-28)34(41)24-40(32-20-19-29(36)22-31(32)37)45(43,44)30-13-9-6-10-14-30/h5-20,22,26,33H,4,21,23-24H2,1-3H3,(H,38,42)/t26-,33-/m0/s1. The van der Waals surface area contributed by atoms with Crippen molar-refractivity contribution in [2.75, 3.05) is 10.8 Å². The Labute approximate surface area is 275 Å². The fourth-order valence-electron chi connectivity index (χ4n) is 4.80. The first-order chi connectivity index (χ1) is 21.5. The number of anilines is 1. The van der Waals surface area contributed by atoms with Gasteiger partial charge in [-0.15, -0.1) is 0 Å². The van der Waals surface area contributed by atoms with Gasteiger partial charge < -0.3 is 10.2 Å². The summed E-state index contributed by atoms with van der Waals surface area (Å²) in [4.78, 5) is 29.9. The highest BCUT2D eigenvalue weighted by atomic mass is 35.5. The molecule has 10 heteroatoms. The number of aryl methyl sites for hydroxylation is 1. The second kappa shape index (κ2) is 15.4. The zero-order chi connectivity index (χ0) is 32.6. The Morgan fingerprint density at radius 1 is 0.844 bits per heavy atom. The van der Waals surface area contributed by atoms with Gasteiger partial charge in [-0.3, -0.25) is 13.9 Å². The number of hydrogen-bond acceptors (Lipinski definition) is 4. The third kappa shape index (κ3) is 8.87. The van der Waals surface area contributed by atoms with E-state index in [4.69, 9.17) is 23.2 Å². The van der Waals surface area contributed by atoms with E-state index in [1.165, 1.54) is 35.2 Å². The molecule has 0 aliphatic heterocycles. The molecule has 0 spiro atoms. The van der Waals surface area contributed by atoms with E-state index in [-0.39, 0.29) is 40.5 Å². The van der Waals surface area contributed by atoms with Crippen molar-refractivity contribution >= 4 is 50.7 Å². The smallest absolute Gasteiger partial charge is 0.264 e. The maximum Gasteiger partial charge on any atom is 0.264 e. The SMILES string of the molecule is CC[C@H](C)NC(=O)[C@H](Cc1ccccc1)N(Cc1ccc(C)cc1)C(=O)CN(c1ccc(Cl)cc1Cl)S(=O)(=O)c1ccccc1. The highest BCUT2D eigenvalue weighted by Gasteiger charge is 2.35. The van der Waals surface area contributed by atoms with Gasteiger partial charge in [-0.2, -0.15) is 0 Å². The molecule has 45 heavy (non-hydrogen) atoms. The molecule has 0 heterocycles. The highest BCUT2D eigenvalue weighted by molar-refractivity contribution is 7.92. The molecule has 0 fully saturated rings. The summed E-state index contributed by atoms with van der Waals surface area (Å²) in [5, 5.41) is 3.42. The van der Waals surface area contributed by atoms with E-state index in [1.54, 1.807) is 18.2 Å². The lowest BCUT2D eigenvalue weighted by molar-refractivity contribution is -0.140. The van der Waals surface area contributed by atoms with E-state index in [2.05, 4.69) is 5.32 Å². The van der Waals surface area contributed by atoms with E-state index in [0.29, 0.717) is 11.4 Å². The van der Waals surface area contributed by atoms with Gasteiger partial charge in [-0.05, 0) is 61.7 Å². The van der Waals surface area contributed by atoms with Crippen molar-refractivity contribution in [3.8, 4) is 0 Å². The predicted octanol–water partition coefficient (Wildman–Crippen LogP) is 7.05. The van der Waals surface area contributed by atoms with E-state index in [9.17, 15) is 18.0 Å². The van der Waals surface area contributed by atoms with Gasteiger partial charge in [-0.25, -0.2) is 8.42 Å². The molecule has 236 valence electrons. The van der Waals surface area contributed by atoms with Crippen molar-refractivity contribution in [1.29, 1.82) is 0 Å². The van der Waals surface area contributed by atoms with Crippen LogP contribution in [0.25, 0.3) is 0 Å². The largest absolute Gasteiger partial charge is 0.352 e. The first-order valence-corrected chi connectivity index (χ1v) is 16.9. The van der Waals surface area contributed by atoms with Gasteiger partial charge in [0.05, 0.1) is 15.6 Å². The lowest BCUT2D eigenvalue weighted by atomic mass is 10.0. The number of sulfonamides is 1. The second-order valence-corrected chi connectivity index (χ2v) is 13.7. The van der Waals surface area contributed by atoms with Crippen molar-refractivity contribution in [1.82, 2.24) is 10.2 Å². The summed E-state index contributed by atoms with van der Waals surface area (Å²) < 4.78 is 29.2. The van der Waals surface area contributed by atoms with Crippen LogP contribution in [0.4, 0.5) is 5.69 Å². The summed E-state index contributed by atoms with van der Waals surface area (Å²) in [6.45, 7) is 5.31. The first kappa shape index (κ1) is 34.0. The van der Waals surface area contributed by atoms with Crippen LogP contribution in [0.15, 0.2) is 108 Å². The van der Waals surface area contributed by atoms with Crippen LogP contribution in [0.1, 0.15) is 37.0 Å². The number of halogens is 2. The number of benzene rings is 4. The first-order valence-electron chi connectivity index (χ1n) is 14.7.